The van der Waals surface area contributed by atoms with Gasteiger partial charge < -0.3 is 14.2 Å². The summed E-state index contributed by atoms with van der Waals surface area (Å²) in [5.41, 5.74) is 0. The molecule has 0 radical (unpaired) electrons. The van der Waals surface area contributed by atoms with Gasteiger partial charge in [-0.05, 0) is 12.3 Å². The molecule has 2 aliphatic rings. The fraction of sp³-hybridized carbons (Fsp3) is 0.909. The highest BCUT2D eigenvalue weighted by molar-refractivity contribution is 5.75. The van der Waals surface area contributed by atoms with Crippen molar-refractivity contribution in [1.29, 1.82) is 0 Å². The Morgan fingerprint density at radius 1 is 1.38 bits per heavy atom. The van der Waals surface area contributed by atoms with E-state index in [-0.39, 0.29) is 12.0 Å². The lowest BCUT2D eigenvalue weighted by Crippen LogP contribution is -2.51. The zero-order valence-electron chi connectivity index (χ0n) is 9.68. The third-order valence-corrected chi connectivity index (χ3v) is 3.23. The molecule has 0 bridgehead atoms. The maximum atomic E-state index is 11.6. The van der Waals surface area contributed by atoms with Gasteiger partial charge in [-0.1, -0.05) is 0 Å². The zero-order chi connectivity index (χ0) is 11.4. The molecular formula is C11H19NO4. The largest absolute Gasteiger partial charge is 0.468 e. The van der Waals surface area contributed by atoms with E-state index < -0.39 is 0 Å². The van der Waals surface area contributed by atoms with Gasteiger partial charge in [0.2, 0.25) is 0 Å². The molecule has 0 aliphatic carbocycles. The minimum Gasteiger partial charge on any atom is -0.468 e. The van der Waals surface area contributed by atoms with E-state index in [9.17, 15) is 4.79 Å². The molecule has 2 aliphatic heterocycles. The van der Waals surface area contributed by atoms with E-state index in [0.717, 1.165) is 32.7 Å². The molecule has 5 nitrogen and oxygen atoms in total. The molecule has 0 spiro atoms. The van der Waals surface area contributed by atoms with E-state index in [4.69, 9.17) is 14.2 Å². The van der Waals surface area contributed by atoms with Crippen molar-refractivity contribution in [1.82, 2.24) is 4.90 Å². The van der Waals surface area contributed by atoms with Gasteiger partial charge >= 0.3 is 5.97 Å². The average Bonchev–Trinajstić information content (AvgIpc) is 2.82. The Kier molecular flexibility index (Phi) is 4.15. The van der Waals surface area contributed by atoms with Crippen molar-refractivity contribution in [2.24, 2.45) is 5.92 Å². The SMILES string of the molecule is COC(=O)C1COCCN1CC1CCOC1. The lowest BCUT2D eigenvalue weighted by atomic mass is 10.1. The molecule has 0 aromatic heterocycles. The van der Waals surface area contributed by atoms with Crippen molar-refractivity contribution >= 4 is 5.97 Å². The summed E-state index contributed by atoms with van der Waals surface area (Å²) in [7, 11) is 1.42. The third-order valence-electron chi connectivity index (χ3n) is 3.23. The van der Waals surface area contributed by atoms with Gasteiger partial charge in [0.1, 0.15) is 6.04 Å². The number of nitrogens with zero attached hydrogens (tertiary/aromatic N) is 1. The highest BCUT2D eigenvalue weighted by Crippen LogP contribution is 2.17. The van der Waals surface area contributed by atoms with Crippen LogP contribution in [0, 0.1) is 5.92 Å². The van der Waals surface area contributed by atoms with E-state index in [0.29, 0.717) is 19.1 Å². The van der Waals surface area contributed by atoms with Crippen molar-refractivity contribution in [2.45, 2.75) is 12.5 Å². The minimum absolute atomic E-state index is 0.196. The van der Waals surface area contributed by atoms with Crippen LogP contribution in [0.1, 0.15) is 6.42 Å². The summed E-state index contributed by atoms with van der Waals surface area (Å²) >= 11 is 0. The minimum atomic E-state index is -0.237. The maximum absolute atomic E-state index is 11.6. The quantitative estimate of drug-likeness (QED) is 0.632. The van der Waals surface area contributed by atoms with Crippen molar-refractivity contribution in [3.05, 3.63) is 0 Å². The van der Waals surface area contributed by atoms with E-state index in [2.05, 4.69) is 4.90 Å². The Bertz CT molecular complexity index is 240. The number of ether oxygens (including phenoxy) is 3. The third kappa shape index (κ3) is 2.72. The number of hydrogen-bond donors (Lipinski definition) is 0. The number of esters is 1. The van der Waals surface area contributed by atoms with Crippen molar-refractivity contribution < 1.29 is 19.0 Å². The Morgan fingerprint density at radius 2 is 2.19 bits per heavy atom. The average molecular weight is 229 g/mol. The first-order valence-electron chi connectivity index (χ1n) is 5.78. The predicted octanol–water partition coefficient (Wildman–Crippen LogP) is -0.103. The van der Waals surface area contributed by atoms with Crippen LogP contribution in [0.15, 0.2) is 0 Å². The van der Waals surface area contributed by atoms with Crippen LogP contribution in [0.3, 0.4) is 0 Å². The van der Waals surface area contributed by atoms with Crippen molar-refractivity contribution in [3.63, 3.8) is 0 Å². The first-order valence-corrected chi connectivity index (χ1v) is 5.78. The van der Waals surface area contributed by atoms with Gasteiger partial charge in [0.25, 0.3) is 0 Å². The summed E-state index contributed by atoms with van der Waals surface area (Å²) in [4.78, 5) is 13.7. The van der Waals surface area contributed by atoms with Crippen LogP contribution in [0.2, 0.25) is 0 Å². The van der Waals surface area contributed by atoms with Crippen LogP contribution < -0.4 is 0 Å². The molecule has 2 rings (SSSR count). The Balaban J connectivity index is 1.90. The Hall–Kier alpha value is -0.650. The molecule has 92 valence electrons. The molecule has 0 aromatic rings. The summed E-state index contributed by atoms with van der Waals surface area (Å²) in [6, 6.07) is -0.237. The highest BCUT2D eigenvalue weighted by Gasteiger charge is 2.32. The van der Waals surface area contributed by atoms with Gasteiger partial charge in [-0.2, -0.15) is 0 Å². The number of methoxy groups -OCH3 is 1. The van der Waals surface area contributed by atoms with Crippen LogP contribution >= 0.6 is 0 Å². The second-order valence-electron chi connectivity index (χ2n) is 4.34. The standard InChI is InChI=1S/C11H19NO4/c1-14-11(13)10-8-16-5-3-12(10)6-9-2-4-15-7-9/h9-10H,2-8H2,1H3. The molecular weight excluding hydrogens is 210 g/mol. The number of rotatable bonds is 3. The van der Waals surface area contributed by atoms with Crippen LogP contribution in [0.5, 0.6) is 0 Å². The Labute approximate surface area is 95.6 Å². The lowest BCUT2D eigenvalue weighted by molar-refractivity contribution is -0.153. The van der Waals surface area contributed by atoms with Crippen LogP contribution in [-0.2, 0) is 19.0 Å². The molecule has 2 saturated heterocycles. The van der Waals surface area contributed by atoms with E-state index in [1.54, 1.807) is 0 Å². The summed E-state index contributed by atoms with van der Waals surface area (Å²) < 4.78 is 15.5. The molecule has 2 unspecified atom stereocenters. The topological polar surface area (TPSA) is 48.0 Å². The van der Waals surface area contributed by atoms with E-state index >= 15 is 0 Å². The first kappa shape index (κ1) is 11.8. The smallest absolute Gasteiger partial charge is 0.325 e. The van der Waals surface area contributed by atoms with Crippen LogP contribution in [0.4, 0.5) is 0 Å². The van der Waals surface area contributed by atoms with Gasteiger partial charge in [-0.3, -0.25) is 9.69 Å². The van der Waals surface area contributed by atoms with Crippen LogP contribution in [-0.4, -0.2) is 63.5 Å². The second kappa shape index (κ2) is 5.61. The number of carbonyl (C=O) groups is 1. The van der Waals surface area contributed by atoms with Crippen molar-refractivity contribution in [3.8, 4) is 0 Å². The normalized spacial score (nSPS) is 31.6. The number of hydrogen-bond acceptors (Lipinski definition) is 5. The van der Waals surface area contributed by atoms with Gasteiger partial charge in [0.15, 0.2) is 0 Å². The molecule has 5 heteroatoms. The predicted molar refractivity (Wildman–Crippen MR) is 57.1 cm³/mol. The molecule has 0 amide bonds. The summed E-state index contributed by atoms with van der Waals surface area (Å²) in [5, 5.41) is 0. The lowest BCUT2D eigenvalue weighted by Gasteiger charge is -2.34. The molecule has 0 N–H and O–H groups in total. The number of carbonyl (C=O) groups excluding carboxylic acids is 1. The molecule has 2 fully saturated rings. The Morgan fingerprint density at radius 3 is 2.88 bits per heavy atom. The molecule has 2 heterocycles. The monoisotopic (exact) mass is 229 g/mol. The summed E-state index contributed by atoms with van der Waals surface area (Å²) in [6.07, 6.45) is 1.09. The fourth-order valence-corrected chi connectivity index (χ4v) is 2.27. The number of morpholine rings is 1. The van der Waals surface area contributed by atoms with E-state index in [1.807, 2.05) is 0 Å². The zero-order valence-corrected chi connectivity index (χ0v) is 9.68. The molecule has 0 saturated carbocycles. The van der Waals surface area contributed by atoms with E-state index in [1.165, 1.54) is 7.11 Å². The first-order chi connectivity index (χ1) is 7.81. The fourth-order valence-electron chi connectivity index (χ4n) is 2.27. The second-order valence-corrected chi connectivity index (χ2v) is 4.34. The van der Waals surface area contributed by atoms with Gasteiger partial charge in [0.05, 0.1) is 26.9 Å². The summed E-state index contributed by atoms with van der Waals surface area (Å²) in [6.45, 7) is 4.50. The summed E-state index contributed by atoms with van der Waals surface area (Å²) in [5.74, 6) is 0.351. The molecule has 0 aromatic carbocycles. The maximum Gasteiger partial charge on any atom is 0.325 e. The van der Waals surface area contributed by atoms with Gasteiger partial charge in [-0.25, -0.2) is 0 Å². The molecule has 2 atom stereocenters. The van der Waals surface area contributed by atoms with Crippen LogP contribution in [0.25, 0.3) is 0 Å². The highest BCUT2D eigenvalue weighted by atomic mass is 16.5. The van der Waals surface area contributed by atoms with Gasteiger partial charge in [-0.15, -0.1) is 0 Å². The van der Waals surface area contributed by atoms with Gasteiger partial charge in [0, 0.05) is 19.7 Å². The molecule has 16 heavy (non-hydrogen) atoms. The van der Waals surface area contributed by atoms with Crippen molar-refractivity contribution in [2.75, 3.05) is 46.6 Å².